The van der Waals surface area contributed by atoms with E-state index in [1.54, 1.807) is 12.1 Å². The van der Waals surface area contributed by atoms with E-state index in [2.05, 4.69) is 13.0 Å². The summed E-state index contributed by atoms with van der Waals surface area (Å²) in [6, 6.07) is 26.2. The lowest BCUT2D eigenvalue weighted by Crippen LogP contribution is -2.49. The summed E-state index contributed by atoms with van der Waals surface area (Å²) < 4.78 is 5.93. The molecule has 0 atom stereocenters. The zero-order chi connectivity index (χ0) is 25.3. The highest BCUT2D eigenvalue weighted by molar-refractivity contribution is 5.95. The molecule has 3 aromatic rings. The SMILES string of the molecule is CCCN(C(=O)c1cccc(OCc2ccccc2C#N)c1)C1CCN(C(=O)c2ccccc2)CC1. The minimum atomic E-state index is -0.0208. The van der Waals surface area contributed by atoms with Gasteiger partial charge in [0.1, 0.15) is 12.4 Å². The molecule has 0 bridgehead atoms. The molecule has 0 N–H and O–H groups in total. The van der Waals surface area contributed by atoms with Gasteiger partial charge in [-0.3, -0.25) is 9.59 Å². The number of piperidine rings is 1. The number of carbonyl (C=O) groups is 2. The molecular weight excluding hydrogens is 450 g/mol. The summed E-state index contributed by atoms with van der Waals surface area (Å²) in [7, 11) is 0. The predicted octanol–water partition coefficient (Wildman–Crippen LogP) is 5.29. The van der Waals surface area contributed by atoms with Crippen LogP contribution in [0.15, 0.2) is 78.9 Å². The van der Waals surface area contributed by atoms with E-state index in [0.29, 0.717) is 42.1 Å². The fraction of sp³-hybridized carbons (Fsp3) is 0.300. The molecule has 1 aliphatic heterocycles. The third-order valence-electron chi connectivity index (χ3n) is 6.55. The molecule has 36 heavy (non-hydrogen) atoms. The first kappa shape index (κ1) is 25.0. The minimum Gasteiger partial charge on any atom is -0.489 e. The van der Waals surface area contributed by atoms with Crippen LogP contribution < -0.4 is 4.74 Å². The van der Waals surface area contributed by atoms with Gasteiger partial charge in [0, 0.05) is 42.4 Å². The fourth-order valence-corrected chi connectivity index (χ4v) is 4.64. The Labute approximate surface area is 212 Å². The number of carbonyl (C=O) groups excluding carboxylic acids is 2. The van der Waals surface area contributed by atoms with Crippen LogP contribution in [-0.2, 0) is 6.61 Å². The second-order valence-corrected chi connectivity index (χ2v) is 8.97. The number of nitriles is 1. The van der Waals surface area contributed by atoms with Crippen LogP contribution >= 0.6 is 0 Å². The van der Waals surface area contributed by atoms with Crippen molar-refractivity contribution in [1.29, 1.82) is 5.26 Å². The molecule has 6 nitrogen and oxygen atoms in total. The van der Waals surface area contributed by atoms with Crippen LogP contribution in [0.3, 0.4) is 0 Å². The molecule has 0 spiro atoms. The standard InChI is InChI=1S/C30H31N3O3/c1-2-17-33(27-15-18-32(19-16-27)29(34)23-9-4-3-5-10-23)30(35)24-13-8-14-28(20-24)36-22-26-12-7-6-11-25(26)21-31/h3-14,20,27H,2,15-19,22H2,1H3. The molecule has 4 rings (SSSR count). The van der Waals surface area contributed by atoms with Crippen LogP contribution in [0.2, 0.25) is 0 Å². The van der Waals surface area contributed by atoms with Crippen LogP contribution in [0.25, 0.3) is 0 Å². The summed E-state index contributed by atoms with van der Waals surface area (Å²) >= 11 is 0. The summed E-state index contributed by atoms with van der Waals surface area (Å²) in [5.41, 5.74) is 2.67. The molecule has 0 saturated carbocycles. The Morgan fingerprint density at radius 1 is 0.972 bits per heavy atom. The average Bonchev–Trinajstić information content (AvgIpc) is 2.95. The van der Waals surface area contributed by atoms with Crippen molar-refractivity contribution in [2.45, 2.75) is 38.8 Å². The van der Waals surface area contributed by atoms with Crippen molar-refractivity contribution in [2.24, 2.45) is 0 Å². The van der Waals surface area contributed by atoms with Crippen molar-refractivity contribution in [3.05, 3.63) is 101 Å². The second kappa shape index (κ2) is 12.0. The molecule has 3 aromatic carbocycles. The van der Waals surface area contributed by atoms with Crippen molar-refractivity contribution in [3.63, 3.8) is 0 Å². The Morgan fingerprint density at radius 2 is 1.67 bits per heavy atom. The zero-order valence-corrected chi connectivity index (χ0v) is 20.6. The summed E-state index contributed by atoms with van der Waals surface area (Å²) in [6.07, 6.45) is 2.37. The normalized spacial score (nSPS) is 13.6. The van der Waals surface area contributed by atoms with Gasteiger partial charge in [0.2, 0.25) is 0 Å². The number of hydrogen-bond acceptors (Lipinski definition) is 4. The highest BCUT2D eigenvalue weighted by Crippen LogP contribution is 2.23. The van der Waals surface area contributed by atoms with Crippen LogP contribution in [-0.4, -0.2) is 47.3 Å². The van der Waals surface area contributed by atoms with Gasteiger partial charge in [-0.25, -0.2) is 0 Å². The van der Waals surface area contributed by atoms with Crippen molar-refractivity contribution in [3.8, 4) is 11.8 Å². The van der Waals surface area contributed by atoms with E-state index in [9.17, 15) is 14.9 Å². The summed E-state index contributed by atoms with van der Waals surface area (Å²) in [6.45, 7) is 4.26. The predicted molar refractivity (Wildman–Crippen MR) is 139 cm³/mol. The third kappa shape index (κ3) is 5.92. The first-order valence-corrected chi connectivity index (χ1v) is 12.5. The van der Waals surface area contributed by atoms with E-state index in [4.69, 9.17) is 4.74 Å². The van der Waals surface area contributed by atoms with Gasteiger partial charge in [-0.15, -0.1) is 0 Å². The lowest BCUT2D eigenvalue weighted by Gasteiger charge is -2.38. The number of amides is 2. The highest BCUT2D eigenvalue weighted by Gasteiger charge is 2.30. The molecule has 0 radical (unpaired) electrons. The molecule has 184 valence electrons. The van der Waals surface area contributed by atoms with Gasteiger partial charge in [0.25, 0.3) is 11.8 Å². The van der Waals surface area contributed by atoms with Crippen molar-refractivity contribution < 1.29 is 14.3 Å². The molecular formula is C30H31N3O3. The fourth-order valence-electron chi connectivity index (χ4n) is 4.64. The van der Waals surface area contributed by atoms with Gasteiger partial charge < -0.3 is 14.5 Å². The van der Waals surface area contributed by atoms with E-state index in [-0.39, 0.29) is 24.5 Å². The number of rotatable bonds is 8. The molecule has 1 aliphatic rings. The molecule has 2 amide bonds. The molecule has 6 heteroatoms. The van der Waals surface area contributed by atoms with Gasteiger partial charge in [0.05, 0.1) is 11.6 Å². The van der Waals surface area contributed by atoms with Gasteiger partial charge in [0.15, 0.2) is 0 Å². The molecule has 0 aromatic heterocycles. The Balaban J connectivity index is 1.41. The molecule has 0 unspecified atom stereocenters. The smallest absolute Gasteiger partial charge is 0.254 e. The minimum absolute atomic E-state index is 0.0208. The number of likely N-dealkylation sites (tertiary alicyclic amines) is 1. The maximum atomic E-state index is 13.5. The summed E-state index contributed by atoms with van der Waals surface area (Å²) in [5, 5.41) is 9.30. The Kier molecular flexibility index (Phi) is 8.36. The summed E-state index contributed by atoms with van der Waals surface area (Å²) in [5.74, 6) is 0.617. The molecule has 1 fully saturated rings. The van der Waals surface area contributed by atoms with Gasteiger partial charge >= 0.3 is 0 Å². The van der Waals surface area contributed by atoms with E-state index in [0.717, 1.165) is 24.8 Å². The lowest BCUT2D eigenvalue weighted by molar-refractivity contribution is 0.0519. The Bertz CT molecular complexity index is 1230. The Hall–Kier alpha value is -4.11. The maximum absolute atomic E-state index is 13.5. The first-order chi connectivity index (χ1) is 17.6. The van der Waals surface area contributed by atoms with E-state index in [1.165, 1.54) is 0 Å². The van der Waals surface area contributed by atoms with Crippen LogP contribution in [0.5, 0.6) is 5.75 Å². The number of benzene rings is 3. The monoisotopic (exact) mass is 481 g/mol. The van der Waals surface area contributed by atoms with E-state index < -0.39 is 0 Å². The van der Waals surface area contributed by atoms with E-state index >= 15 is 0 Å². The number of ether oxygens (including phenoxy) is 1. The van der Waals surface area contributed by atoms with Crippen molar-refractivity contribution in [1.82, 2.24) is 9.80 Å². The quantitative estimate of drug-likeness (QED) is 0.438. The number of hydrogen-bond donors (Lipinski definition) is 0. The van der Waals surface area contributed by atoms with Crippen LogP contribution in [0.4, 0.5) is 0 Å². The van der Waals surface area contributed by atoms with Crippen molar-refractivity contribution >= 4 is 11.8 Å². The lowest BCUT2D eigenvalue weighted by atomic mass is 10.0. The Morgan fingerprint density at radius 3 is 2.39 bits per heavy atom. The highest BCUT2D eigenvalue weighted by atomic mass is 16.5. The third-order valence-corrected chi connectivity index (χ3v) is 6.55. The summed E-state index contributed by atoms with van der Waals surface area (Å²) in [4.78, 5) is 30.2. The second-order valence-electron chi connectivity index (χ2n) is 8.97. The van der Waals surface area contributed by atoms with Gasteiger partial charge in [-0.1, -0.05) is 49.4 Å². The molecule has 0 aliphatic carbocycles. The van der Waals surface area contributed by atoms with E-state index in [1.807, 2.05) is 76.5 Å². The number of nitrogens with zero attached hydrogens (tertiary/aromatic N) is 3. The van der Waals surface area contributed by atoms with Crippen molar-refractivity contribution in [2.75, 3.05) is 19.6 Å². The maximum Gasteiger partial charge on any atom is 0.254 e. The largest absolute Gasteiger partial charge is 0.489 e. The van der Waals surface area contributed by atoms with Crippen LogP contribution in [0, 0.1) is 11.3 Å². The van der Waals surface area contributed by atoms with Crippen LogP contribution in [0.1, 0.15) is 58.0 Å². The average molecular weight is 482 g/mol. The van der Waals surface area contributed by atoms with Gasteiger partial charge in [-0.2, -0.15) is 5.26 Å². The molecule has 1 heterocycles. The first-order valence-electron chi connectivity index (χ1n) is 12.5. The topological polar surface area (TPSA) is 73.6 Å². The van der Waals surface area contributed by atoms with Gasteiger partial charge in [-0.05, 0) is 55.7 Å². The zero-order valence-electron chi connectivity index (χ0n) is 20.6. The molecule has 1 saturated heterocycles.